The van der Waals surface area contributed by atoms with Gasteiger partial charge in [-0.3, -0.25) is 4.72 Å². The number of carbonyl (C=O) groups excluding carboxylic acids is 1. The van der Waals surface area contributed by atoms with Gasteiger partial charge in [0.15, 0.2) is 0 Å². The molecule has 0 saturated heterocycles. The van der Waals surface area contributed by atoms with E-state index in [0.717, 1.165) is 5.56 Å². The maximum Gasteiger partial charge on any atom is 0.338 e. The lowest BCUT2D eigenvalue weighted by Gasteiger charge is -2.15. The van der Waals surface area contributed by atoms with Gasteiger partial charge in [0.25, 0.3) is 10.0 Å². The van der Waals surface area contributed by atoms with Gasteiger partial charge in [-0.05, 0) is 58.6 Å². The molecule has 2 rings (SSSR count). The third-order valence-corrected chi connectivity index (χ3v) is 5.90. The van der Waals surface area contributed by atoms with Crippen LogP contribution in [0.2, 0.25) is 0 Å². The molecule has 0 atom stereocenters. The Morgan fingerprint density at radius 2 is 1.88 bits per heavy atom. The quantitative estimate of drug-likeness (QED) is 0.688. The topological polar surface area (TPSA) is 72.5 Å². The average Bonchev–Trinajstić information content (AvgIpc) is 2.54. The van der Waals surface area contributed by atoms with Crippen molar-refractivity contribution in [3.63, 3.8) is 0 Å². The van der Waals surface area contributed by atoms with E-state index in [2.05, 4.69) is 20.7 Å². The van der Waals surface area contributed by atoms with Crippen LogP contribution in [0.15, 0.2) is 51.8 Å². The first-order valence-corrected chi connectivity index (χ1v) is 10.1. The van der Waals surface area contributed by atoms with Crippen molar-refractivity contribution < 1.29 is 17.9 Å². The molecule has 0 fully saturated rings. The monoisotopic (exact) mass is 425 g/mol. The third-order valence-electron chi connectivity index (χ3n) is 3.56. The van der Waals surface area contributed by atoms with Gasteiger partial charge in [-0.1, -0.05) is 32.0 Å². The lowest BCUT2D eigenvalue weighted by Crippen LogP contribution is -2.15. The molecule has 0 spiro atoms. The van der Waals surface area contributed by atoms with Gasteiger partial charge in [-0.15, -0.1) is 0 Å². The van der Waals surface area contributed by atoms with Crippen LogP contribution in [0.25, 0.3) is 0 Å². The summed E-state index contributed by atoms with van der Waals surface area (Å²) in [6.45, 7) is 5.96. The molecule has 2 aromatic rings. The number of benzene rings is 2. The Morgan fingerprint density at radius 3 is 2.48 bits per heavy atom. The molecule has 0 saturated carbocycles. The van der Waals surface area contributed by atoms with Gasteiger partial charge in [0.2, 0.25) is 0 Å². The van der Waals surface area contributed by atoms with Gasteiger partial charge in [-0.25, -0.2) is 13.2 Å². The SMILES string of the molecule is CCOC(=O)c1ccc(S(=O)(=O)Nc2ccccc2C(C)C)c(Br)c1. The number of rotatable bonds is 6. The highest BCUT2D eigenvalue weighted by Crippen LogP contribution is 2.29. The summed E-state index contributed by atoms with van der Waals surface area (Å²) < 4.78 is 33.3. The van der Waals surface area contributed by atoms with E-state index in [1.54, 1.807) is 19.1 Å². The number of sulfonamides is 1. The van der Waals surface area contributed by atoms with E-state index in [9.17, 15) is 13.2 Å². The minimum atomic E-state index is -3.80. The van der Waals surface area contributed by atoms with Crippen LogP contribution >= 0.6 is 15.9 Å². The fourth-order valence-electron chi connectivity index (χ4n) is 2.35. The van der Waals surface area contributed by atoms with Gasteiger partial charge < -0.3 is 4.74 Å². The minimum Gasteiger partial charge on any atom is -0.462 e. The highest BCUT2D eigenvalue weighted by molar-refractivity contribution is 9.10. The Bertz CT molecular complexity index is 878. The number of ether oxygens (including phenoxy) is 1. The van der Waals surface area contributed by atoms with Gasteiger partial charge in [-0.2, -0.15) is 0 Å². The molecule has 7 heteroatoms. The zero-order valence-electron chi connectivity index (χ0n) is 14.2. The van der Waals surface area contributed by atoms with Gasteiger partial charge in [0, 0.05) is 4.47 Å². The molecule has 134 valence electrons. The van der Waals surface area contributed by atoms with Gasteiger partial charge >= 0.3 is 5.97 Å². The molecule has 0 radical (unpaired) electrons. The Labute approximate surface area is 156 Å². The summed E-state index contributed by atoms with van der Waals surface area (Å²) in [5.41, 5.74) is 1.74. The van der Waals surface area contributed by atoms with Crippen LogP contribution in [-0.4, -0.2) is 21.0 Å². The van der Waals surface area contributed by atoms with E-state index >= 15 is 0 Å². The molecule has 0 heterocycles. The number of esters is 1. The Hall–Kier alpha value is -1.86. The smallest absolute Gasteiger partial charge is 0.338 e. The van der Waals surface area contributed by atoms with Crippen LogP contribution in [0.3, 0.4) is 0 Å². The minimum absolute atomic E-state index is 0.0547. The Kier molecular flexibility index (Phi) is 6.24. The van der Waals surface area contributed by atoms with Crippen molar-refractivity contribution in [2.24, 2.45) is 0 Å². The van der Waals surface area contributed by atoms with E-state index in [-0.39, 0.29) is 23.0 Å². The van der Waals surface area contributed by atoms with E-state index in [0.29, 0.717) is 10.2 Å². The predicted molar refractivity (Wildman–Crippen MR) is 101 cm³/mol. The molecule has 5 nitrogen and oxygen atoms in total. The second-order valence-electron chi connectivity index (χ2n) is 5.71. The molecule has 0 unspecified atom stereocenters. The highest BCUT2D eigenvalue weighted by Gasteiger charge is 2.21. The number of hydrogen-bond acceptors (Lipinski definition) is 4. The Balaban J connectivity index is 2.36. The first-order valence-electron chi connectivity index (χ1n) is 7.84. The second kappa shape index (κ2) is 8.01. The van der Waals surface area contributed by atoms with E-state index in [1.165, 1.54) is 18.2 Å². The second-order valence-corrected chi connectivity index (χ2v) is 8.22. The highest BCUT2D eigenvalue weighted by atomic mass is 79.9. The van der Waals surface area contributed by atoms with Crippen LogP contribution in [0.5, 0.6) is 0 Å². The number of hydrogen-bond donors (Lipinski definition) is 1. The number of carbonyl (C=O) groups is 1. The number of nitrogens with one attached hydrogen (secondary N) is 1. The molecule has 0 amide bonds. The summed E-state index contributed by atoms with van der Waals surface area (Å²) >= 11 is 3.24. The molecule has 25 heavy (non-hydrogen) atoms. The van der Waals surface area contributed by atoms with Crippen molar-refractivity contribution in [1.29, 1.82) is 0 Å². The number of anilines is 1. The van der Waals surface area contributed by atoms with Crippen LogP contribution in [0.4, 0.5) is 5.69 Å². The predicted octanol–water partition coefficient (Wildman–Crippen LogP) is 4.55. The maximum atomic E-state index is 12.7. The fourth-order valence-corrected chi connectivity index (χ4v) is 4.52. The largest absolute Gasteiger partial charge is 0.462 e. The zero-order valence-corrected chi connectivity index (χ0v) is 16.6. The first-order chi connectivity index (χ1) is 11.8. The molecule has 0 aliphatic heterocycles. The van der Waals surface area contributed by atoms with Crippen molar-refractivity contribution in [1.82, 2.24) is 0 Å². The molecule has 0 aliphatic rings. The summed E-state index contributed by atoms with van der Waals surface area (Å²) in [4.78, 5) is 11.8. The van der Waals surface area contributed by atoms with Crippen molar-refractivity contribution in [3.8, 4) is 0 Å². The number of para-hydroxylation sites is 1. The Morgan fingerprint density at radius 1 is 1.20 bits per heavy atom. The number of halogens is 1. The lowest BCUT2D eigenvalue weighted by atomic mass is 10.0. The van der Waals surface area contributed by atoms with Crippen LogP contribution < -0.4 is 4.72 Å². The molecule has 0 aromatic heterocycles. The van der Waals surface area contributed by atoms with Crippen molar-refractivity contribution in [2.45, 2.75) is 31.6 Å². The van der Waals surface area contributed by atoms with E-state index in [1.807, 2.05) is 26.0 Å². The standard InChI is InChI=1S/C18H20BrNO4S/c1-4-24-18(21)13-9-10-17(15(19)11-13)25(22,23)20-16-8-6-5-7-14(16)12(2)3/h5-12,20H,4H2,1-3H3. The van der Waals surface area contributed by atoms with Gasteiger partial charge in [0.1, 0.15) is 4.90 Å². The summed E-state index contributed by atoms with van der Waals surface area (Å²) in [6.07, 6.45) is 0. The van der Waals surface area contributed by atoms with Crippen molar-refractivity contribution >= 4 is 37.6 Å². The van der Waals surface area contributed by atoms with Crippen LogP contribution in [-0.2, 0) is 14.8 Å². The molecule has 1 N–H and O–H groups in total. The fraction of sp³-hybridized carbons (Fsp3) is 0.278. The molecular formula is C18H20BrNO4S. The molecule has 0 aliphatic carbocycles. The normalized spacial score (nSPS) is 11.4. The molecular weight excluding hydrogens is 406 g/mol. The average molecular weight is 426 g/mol. The lowest BCUT2D eigenvalue weighted by molar-refractivity contribution is 0.0526. The van der Waals surface area contributed by atoms with Crippen LogP contribution in [0.1, 0.15) is 42.6 Å². The first kappa shape index (κ1) is 19.5. The zero-order chi connectivity index (χ0) is 18.6. The summed E-state index contributed by atoms with van der Waals surface area (Å²) in [5.74, 6) is -0.321. The van der Waals surface area contributed by atoms with Crippen molar-refractivity contribution in [3.05, 3.63) is 58.1 Å². The molecule has 2 aromatic carbocycles. The third kappa shape index (κ3) is 4.61. The summed E-state index contributed by atoms with van der Waals surface area (Å²) in [6, 6.07) is 11.5. The van der Waals surface area contributed by atoms with Gasteiger partial charge in [0.05, 0.1) is 17.9 Å². The molecule has 0 bridgehead atoms. The van der Waals surface area contributed by atoms with E-state index < -0.39 is 16.0 Å². The summed E-state index contributed by atoms with van der Waals surface area (Å²) in [5, 5.41) is 0. The maximum absolute atomic E-state index is 12.7. The summed E-state index contributed by atoms with van der Waals surface area (Å²) in [7, 11) is -3.80. The van der Waals surface area contributed by atoms with E-state index in [4.69, 9.17) is 4.74 Å². The van der Waals surface area contributed by atoms with Crippen molar-refractivity contribution in [2.75, 3.05) is 11.3 Å². The van der Waals surface area contributed by atoms with Crippen LogP contribution in [0, 0.1) is 0 Å².